The number of fused-ring (bicyclic) bond motifs is 1. The molecule has 1 aliphatic heterocycles. The van der Waals surface area contributed by atoms with Crippen LogP contribution in [0.1, 0.15) is 11.4 Å². The van der Waals surface area contributed by atoms with E-state index in [0.717, 1.165) is 29.0 Å². The fourth-order valence-corrected chi connectivity index (χ4v) is 3.82. The number of amides is 1. The molecule has 0 saturated carbocycles. The van der Waals surface area contributed by atoms with Crippen molar-refractivity contribution < 1.29 is 22.7 Å². The van der Waals surface area contributed by atoms with Gasteiger partial charge in [0, 0.05) is 31.9 Å². The number of anilines is 1. The van der Waals surface area contributed by atoms with Gasteiger partial charge in [0.05, 0.1) is 23.1 Å². The van der Waals surface area contributed by atoms with Crippen molar-refractivity contribution >= 4 is 22.8 Å². The maximum absolute atomic E-state index is 12.9. The van der Waals surface area contributed by atoms with Crippen LogP contribution in [-0.2, 0) is 17.5 Å². The molecule has 0 aliphatic carbocycles. The maximum Gasteiger partial charge on any atom is 0.416 e. The van der Waals surface area contributed by atoms with Crippen LogP contribution in [0.4, 0.5) is 23.7 Å². The number of imidazole rings is 1. The summed E-state index contributed by atoms with van der Waals surface area (Å²) in [5.41, 5.74) is 1.72. The molecule has 6 nitrogen and oxygen atoms in total. The van der Waals surface area contributed by atoms with Gasteiger partial charge in [0.25, 0.3) is 0 Å². The predicted molar refractivity (Wildman–Crippen MR) is 111 cm³/mol. The number of hydrogen-bond donors (Lipinski definition) is 0. The lowest BCUT2D eigenvalue weighted by atomic mass is 10.1. The third-order valence-electron chi connectivity index (χ3n) is 5.46. The number of carbonyl (C=O) groups is 1. The number of aryl methyl sites for hydroxylation is 1. The molecule has 0 spiro atoms. The molecule has 0 bridgehead atoms. The smallest absolute Gasteiger partial charge is 0.416 e. The quantitative estimate of drug-likeness (QED) is 0.616. The molecule has 1 aromatic heterocycles. The number of piperazine rings is 1. The van der Waals surface area contributed by atoms with Gasteiger partial charge >= 0.3 is 12.3 Å². The Kier molecular flexibility index (Phi) is 5.75. The molecule has 0 radical (unpaired) electrons. The third kappa shape index (κ3) is 4.60. The molecule has 2 aromatic carbocycles. The number of carbonyl (C=O) groups excluding carboxylic acids is 1. The van der Waals surface area contributed by atoms with Crippen LogP contribution in [0.25, 0.3) is 11.0 Å². The van der Waals surface area contributed by atoms with E-state index in [9.17, 15) is 18.0 Å². The van der Waals surface area contributed by atoms with Crippen molar-refractivity contribution in [3.8, 4) is 0 Å². The molecule has 4 rings (SSSR count). The summed E-state index contributed by atoms with van der Waals surface area (Å²) in [6.07, 6.45) is -4.79. The Balaban J connectivity index is 1.29. The highest BCUT2D eigenvalue weighted by atomic mass is 19.4. The summed E-state index contributed by atoms with van der Waals surface area (Å²) in [5.74, 6) is 0.854. The highest BCUT2D eigenvalue weighted by molar-refractivity contribution is 5.75. The number of ether oxygens (including phenoxy) is 1. The van der Waals surface area contributed by atoms with Crippen molar-refractivity contribution in [2.45, 2.75) is 19.6 Å². The van der Waals surface area contributed by atoms with Crippen LogP contribution >= 0.6 is 0 Å². The van der Waals surface area contributed by atoms with Crippen LogP contribution in [0.3, 0.4) is 0 Å². The zero-order chi connectivity index (χ0) is 22.0. The summed E-state index contributed by atoms with van der Waals surface area (Å²) in [4.78, 5) is 20.3. The van der Waals surface area contributed by atoms with Gasteiger partial charge in [0.1, 0.15) is 12.4 Å². The van der Waals surface area contributed by atoms with Crippen LogP contribution in [0.2, 0.25) is 0 Å². The molecular formula is C22H23F3N4O2. The number of hydrogen-bond acceptors (Lipinski definition) is 4. The SMILES string of the molecule is Cc1nc2ccccc2n1CCOC(=O)N1CCN(c2cccc(C(F)(F)F)c2)CC1. The van der Waals surface area contributed by atoms with Gasteiger partial charge in [0.15, 0.2) is 0 Å². The van der Waals surface area contributed by atoms with Gasteiger partial charge in [-0.15, -0.1) is 0 Å². The summed E-state index contributed by atoms with van der Waals surface area (Å²) in [5, 5.41) is 0. The van der Waals surface area contributed by atoms with Gasteiger partial charge < -0.3 is 19.1 Å². The Morgan fingerprint density at radius 3 is 2.55 bits per heavy atom. The Labute approximate surface area is 177 Å². The molecule has 2 heterocycles. The lowest BCUT2D eigenvalue weighted by Gasteiger charge is -2.35. The summed E-state index contributed by atoms with van der Waals surface area (Å²) in [6.45, 7) is 4.30. The lowest BCUT2D eigenvalue weighted by Crippen LogP contribution is -2.49. The first-order valence-electron chi connectivity index (χ1n) is 10.1. The second-order valence-electron chi connectivity index (χ2n) is 7.44. The van der Waals surface area contributed by atoms with E-state index in [1.807, 2.05) is 40.7 Å². The van der Waals surface area contributed by atoms with Crippen molar-refractivity contribution in [3.63, 3.8) is 0 Å². The Hall–Kier alpha value is -3.23. The van der Waals surface area contributed by atoms with Crippen LogP contribution in [0, 0.1) is 6.92 Å². The Morgan fingerprint density at radius 1 is 1.06 bits per heavy atom. The zero-order valence-corrected chi connectivity index (χ0v) is 17.1. The van der Waals surface area contributed by atoms with Crippen LogP contribution in [-0.4, -0.2) is 53.3 Å². The third-order valence-corrected chi connectivity index (χ3v) is 5.46. The molecule has 0 unspecified atom stereocenters. The molecule has 0 N–H and O–H groups in total. The number of halogens is 3. The molecule has 9 heteroatoms. The van der Waals surface area contributed by atoms with Crippen LogP contribution in [0.15, 0.2) is 48.5 Å². The number of nitrogens with zero attached hydrogens (tertiary/aromatic N) is 4. The van der Waals surface area contributed by atoms with E-state index >= 15 is 0 Å². The predicted octanol–water partition coefficient (Wildman–Crippen LogP) is 4.32. The van der Waals surface area contributed by atoms with Crippen molar-refractivity contribution in [1.29, 1.82) is 0 Å². The number of rotatable bonds is 4. The average Bonchev–Trinajstić information content (AvgIpc) is 3.08. The molecule has 1 amide bonds. The molecule has 0 atom stereocenters. The van der Waals surface area contributed by atoms with E-state index in [4.69, 9.17) is 4.74 Å². The Morgan fingerprint density at radius 2 is 1.81 bits per heavy atom. The lowest BCUT2D eigenvalue weighted by molar-refractivity contribution is -0.137. The van der Waals surface area contributed by atoms with E-state index in [-0.39, 0.29) is 6.61 Å². The van der Waals surface area contributed by atoms with E-state index < -0.39 is 17.8 Å². The summed E-state index contributed by atoms with van der Waals surface area (Å²) >= 11 is 0. The van der Waals surface area contributed by atoms with Gasteiger partial charge in [0.2, 0.25) is 0 Å². The van der Waals surface area contributed by atoms with Crippen molar-refractivity contribution in [1.82, 2.24) is 14.5 Å². The maximum atomic E-state index is 12.9. The minimum absolute atomic E-state index is 0.216. The van der Waals surface area contributed by atoms with Gasteiger partial charge in [-0.1, -0.05) is 18.2 Å². The summed E-state index contributed by atoms with van der Waals surface area (Å²) in [7, 11) is 0. The molecule has 1 aliphatic rings. The van der Waals surface area contributed by atoms with Crippen molar-refractivity contribution in [2.75, 3.05) is 37.7 Å². The fourth-order valence-electron chi connectivity index (χ4n) is 3.82. The second kappa shape index (κ2) is 8.49. The molecule has 1 saturated heterocycles. The zero-order valence-electron chi connectivity index (χ0n) is 17.1. The van der Waals surface area contributed by atoms with Gasteiger partial charge in [-0.2, -0.15) is 13.2 Å². The molecule has 164 valence electrons. The largest absolute Gasteiger partial charge is 0.448 e. The topological polar surface area (TPSA) is 50.6 Å². The van der Waals surface area contributed by atoms with Crippen LogP contribution in [0.5, 0.6) is 0 Å². The standard InChI is InChI=1S/C22H23F3N4O2/c1-16-26-19-7-2-3-8-20(19)29(16)13-14-31-21(30)28-11-9-27(10-12-28)18-6-4-5-17(15-18)22(23,24)25/h2-8,15H,9-14H2,1H3. The first kappa shape index (κ1) is 21.0. The van der Waals surface area contributed by atoms with Crippen molar-refractivity contribution in [2.24, 2.45) is 0 Å². The number of alkyl halides is 3. The average molecular weight is 432 g/mol. The summed E-state index contributed by atoms with van der Waals surface area (Å²) < 4.78 is 46.3. The highest BCUT2D eigenvalue weighted by Crippen LogP contribution is 2.31. The van der Waals surface area contributed by atoms with E-state index in [0.29, 0.717) is 38.4 Å². The van der Waals surface area contributed by atoms with E-state index in [2.05, 4.69) is 4.98 Å². The summed E-state index contributed by atoms with van der Waals surface area (Å²) in [6, 6.07) is 13.0. The number of aromatic nitrogens is 2. The normalized spacial score (nSPS) is 14.8. The van der Waals surface area contributed by atoms with E-state index in [1.165, 1.54) is 6.07 Å². The number of benzene rings is 2. The van der Waals surface area contributed by atoms with Crippen LogP contribution < -0.4 is 4.90 Å². The van der Waals surface area contributed by atoms with Gasteiger partial charge in [-0.3, -0.25) is 0 Å². The highest BCUT2D eigenvalue weighted by Gasteiger charge is 2.31. The first-order valence-corrected chi connectivity index (χ1v) is 10.1. The number of para-hydroxylation sites is 2. The molecule has 31 heavy (non-hydrogen) atoms. The van der Waals surface area contributed by atoms with Crippen molar-refractivity contribution in [3.05, 3.63) is 59.9 Å². The van der Waals surface area contributed by atoms with Gasteiger partial charge in [-0.25, -0.2) is 9.78 Å². The minimum atomic E-state index is -4.37. The van der Waals surface area contributed by atoms with E-state index in [1.54, 1.807) is 11.0 Å². The fraction of sp³-hybridized carbons (Fsp3) is 0.364. The second-order valence-corrected chi connectivity index (χ2v) is 7.44. The minimum Gasteiger partial charge on any atom is -0.448 e. The molecule has 1 fully saturated rings. The monoisotopic (exact) mass is 432 g/mol. The van der Waals surface area contributed by atoms with Gasteiger partial charge in [-0.05, 0) is 37.3 Å². The Bertz CT molecular complexity index is 1070. The first-order chi connectivity index (χ1) is 14.8. The molecule has 3 aromatic rings. The molecular weight excluding hydrogens is 409 g/mol.